The number of ether oxygens (including phenoxy) is 1. The Bertz CT molecular complexity index is 423. The maximum atomic E-state index is 5.44. The molecule has 0 radical (unpaired) electrons. The number of aromatic nitrogens is 1. The first-order valence-corrected chi connectivity index (χ1v) is 5.54. The van der Waals surface area contributed by atoms with E-state index in [4.69, 9.17) is 9.57 Å². The van der Waals surface area contributed by atoms with Gasteiger partial charge in [-0.3, -0.25) is 0 Å². The third kappa shape index (κ3) is 2.02. The highest BCUT2D eigenvalue weighted by Crippen LogP contribution is 2.30. The van der Waals surface area contributed by atoms with E-state index in [1.807, 2.05) is 13.8 Å². The molecule has 0 fully saturated rings. The van der Waals surface area contributed by atoms with Gasteiger partial charge in [-0.25, -0.2) is 4.98 Å². The molecule has 4 nitrogen and oxygen atoms in total. The molecule has 0 amide bonds. The van der Waals surface area contributed by atoms with Crippen LogP contribution in [-0.2, 0) is 4.84 Å². The topological polar surface area (TPSA) is 43.7 Å². The molecule has 0 spiro atoms. The van der Waals surface area contributed by atoms with Gasteiger partial charge in [-0.1, -0.05) is 11.7 Å². The molecule has 0 aromatic carbocycles. The van der Waals surface area contributed by atoms with Crippen molar-refractivity contribution in [2.45, 2.75) is 20.3 Å². The van der Waals surface area contributed by atoms with E-state index in [0.29, 0.717) is 24.7 Å². The van der Waals surface area contributed by atoms with Crippen molar-refractivity contribution in [2.24, 2.45) is 5.16 Å². The average molecular weight is 224 g/mol. The first-order valence-electron chi connectivity index (χ1n) is 4.73. The summed E-state index contributed by atoms with van der Waals surface area (Å²) in [5.41, 5.74) is 0.856. The highest BCUT2D eigenvalue weighted by molar-refractivity contribution is 7.14. The number of oxime groups is 1. The molecule has 5 heteroatoms. The van der Waals surface area contributed by atoms with Crippen LogP contribution in [0.5, 0.6) is 5.88 Å². The Morgan fingerprint density at radius 2 is 2.40 bits per heavy atom. The second-order valence-electron chi connectivity index (χ2n) is 3.14. The standard InChI is InChI=1S/C10H12N2O2S/c1-4-13-10-9(15-7(3)11-10)8-5-6(2)14-12-8/h2,4-5H2,1,3H3. The number of allylic oxidation sites excluding steroid dienone is 1. The third-order valence-corrected chi connectivity index (χ3v) is 2.90. The highest BCUT2D eigenvalue weighted by Gasteiger charge is 2.21. The fourth-order valence-corrected chi connectivity index (χ4v) is 2.16. The fourth-order valence-electron chi connectivity index (χ4n) is 1.32. The lowest BCUT2D eigenvalue weighted by Gasteiger charge is -2.00. The zero-order chi connectivity index (χ0) is 10.8. The minimum absolute atomic E-state index is 0.602. The molecule has 2 rings (SSSR count). The van der Waals surface area contributed by atoms with Gasteiger partial charge in [-0.2, -0.15) is 0 Å². The minimum atomic E-state index is 0.602. The number of rotatable bonds is 3. The first kappa shape index (κ1) is 10.2. The van der Waals surface area contributed by atoms with Crippen molar-refractivity contribution in [1.29, 1.82) is 0 Å². The molecule has 0 atom stereocenters. The second kappa shape index (κ2) is 4.02. The molecular formula is C10H12N2O2S. The van der Waals surface area contributed by atoms with Crippen molar-refractivity contribution in [3.8, 4) is 5.88 Å². The van der Waals surface area contributed by atoms with Crippen molar-refractivity contribution in [3.05, 3.63) is 22.2 Å². The van der Waals surface area contributed by atoms with Crippen LogP contribution in [-0.4, -0.2) is 17.3 Å². The molecule has 1 aliphatic rings. The molecule has 15 heavy (non-hydrogen) atoms. The summed E-state index contributed by atoms with van der Waals surface area (Å²) in [5, 5.41) is 4.92. The number of nitrogens with zero attached hydrogens (tertiary/aromatic N) is 2. The van der Waals surface area contributed by atoms with Crippen LogP contribution in [0.2, 0.25) is 0 Å². The molecule has 1 aliphatic heterocycles. The van der Waals surface area contributed by atoms with E-state index < -0.39 is 0 Å². The van der Waals surface area contributed by atoms with Gasteiger partial charge in [0.25, 0.3) is 0 Å². The van der Waals surface area contributed by atoms with E-state index in [1.54, 1.807) is 11.3 Å². The minimum Gasteiger partial charge on any atom is -0.477 e. The van der Waals surface area contributed by atoms with Gasteiger partial charge in [0.05, 0.1) is 18.0 Å². The largest absolute Gasteiger partial charge is 0.477 e. The summed E-state index contributed by atoms with van der Waals surface area (Å²) >= 11 is 1.57. The maximum Gasteiger partial charge on any atom is 0.234 e. The van der Waals surface area contributed by atoms with Crippen molar-refractivity contribution < 1.29 is 9.57 Å². The Morgan fingerprint density at radius 3 is 3.00 bits per heavy atom. The summed E-state index contributed by atoms with van der Waals surface area (Å²) < 4.78 is 5.44. The monoisotopic (exact) mass is 224 g/mol. The Morgan fingerprint density at radius 1 is 1.60 bits per heavy atom. The zero-order valence-electron chi connectivity index (χ0n) is 8.74. The SMILES string of the molecule is C=C1CC(c2sc(C)nc2OCC)=NO1. The Hall–Kier alpha value is -1.36. The number of hydrogen-bond acceptors (Lipinski definition) is 5. The van der Waals surface area contributed by atoms with E-state index in [2.05, 4.69) is 16.7 Å². The molecule has 2 heterocycles. The summed E-state index contributed by atoms with van der Waals surface area (Å²) in [6.07, 6.45) is 0.641. The molecule has 0 saturated carbocycles. The van der Waals surface area contributed by atoms with E-state index in [1.165, 1.54) is 0 Å². The number of hydrogen-bond donors (Lipinski definition) is 0. The van der Waals surface area contributed by atoms with Gasteiger partial charge in [-0.05, 0) is 13.8 Å². The van der Waals surface area contributed by atoms with Gasteiger partial charge in [0, 0.05) is 0 Å². The van der Waals surface area contributed by atoms with E-state index in [9.17, 15) is 0 Å². The summed E-state index contributed by atoms with van der Waals surface area (Å²) in [4.78, 5) is 10.2. The van der Waals surface area contributed by atoms with Gasteiger partial charge < -0.3 is 9.57 Å². The van der Waals surface area contributed by atoms with Crippen LogP contribution >= 0.6 is 11.3 Å². The predicted molar refractivity (Wildman–Crippen MR) is 59.4 cm³/mol. The molecule has 0 aliphatic carbocycles. The second-order valence-corrected chi connectivity index (χ2v) is 4.35. The lowest BCUT2D eigenvalue weighted by Crippen LogP contribution is -2.00. The van der Waals surface area contributed by atoms with Crippen LogP contribution in [0, 0.1) is 6.92 Å². The lowest BCUT2D eigenvalue weighted by molar-refractivity contribution is 0.246. The van der Waals surface area contributed by atoms with E-state index in [0.717, 1.165) is 15.6 Å². The summed E-state index contributed by atoms with van der Waals surface area (Å²) in [6, 6.07) is 0. The summed E-state index contributed by atoms with van der Waals surface area (Å²) in [5.74, 6) is 1.32. The van der Waals surface area contributed by atoms with Crippen LogP contribution in [0.25, 0.3) is 0 Å². The predicted octanol–water partition coefficient (Wildman–Crippen LogP) is 2.49. The van der Waals surface area contributed by atoms with Crippen molar-refractivity contribution >= 4 is 17.0 Å². The zero-order valence-corrected chi connectivity index (χ0v) is 9.56. The quantitative estimate of drug-likeness (QED) is 0.792. The fraction of sp³-hybridized carbons (Fsp3) is 0.400. The maximum absolute atomic E-state index is 5.44. The molecule has 0 unspecified atom stereocenters. The van der Waals surface area contributed by atoms with Crippen LogP contribution in [0.15, 0.2) is 17.5 Å². The molecule has 0 N–H and O–H groups in total. The number of aryl methyl sites for hydroxylation is 1. The van der Waals surface area contributed by atoms with Gasteiger partial charge >= 0.3 is 0 Å². The summed E-state index contributed by atoms with van der Waals surface area (Å²) in [7, 11) is 0. The van der Waals surface area contributed by atoms with Crippen LogP contribution in [0.4, 0.5) is 0 Å². The van der Waals surface area contributed by atoms with Crippen molar-refractivity contribution in [1.82, 2.24) is 4.98 Å². The molecule has 1 aromatic rings. The molecule has 1 aromatic heterocycles. The molecular weight excluding hydrogens is 212 g/mol. The number of thiazole rings is 1. The van der Waals surface area contributed by atoms with Gasteiger partial charge in [0.2, 0.25) is 5.88 Å². The Labute approximate surface area is 92.2 Å². The van der Waals surface area contributed by atoms with Gasteiger partial charge in [0.1, 0.15) is 16.3 Å². The van der Waals surface area contributed by atoms with Crippen molar-refractivity contribution in [3.63, 3.8) is 0 Å². The Balaban J connectivity index is 2.30. The van der Waals surface area contributed by atoms with Crippen molar-refractivity contribution in [2.75, 3.05) is 6.61 Å². The third-order valence-electron chi connectivity index (χ3n) is 1.90. The average Bonchev–Trinajstić information content (AvgIpc) is 2.73. The molecule has 0 bridgehead atoms. The van der Waals surface area contributed by atoms with Crippen LogP contribution in [0.1, 0.15) is 23.2 Å². The van der Waals surface area contributed by atoms with Gasteiger partial charge in [-0.15, -0.1) is 11.3 Å². The first-order chi connectivity index (χ1) is 7.20. The normalized spacial score (nSPS) is 15.1. The lowest BCUT2D eigenvalue weighted by atomic mass is 10.2. The smallest absolute Gasteiger partial charge is 0.234 e. The van der Waals surface area contributed by atoms with Crippen LogP contribution < -0.4 is 4.74 Å². The summed E-state index contributed by atoms with van der Waals surface area (Å²) in [6.45, 7) is 8.20. The van der Waals surface area contributed by atoms with E-state index in [-0.39, 0.29) is 0 Å². The highest BCUT2D eigenvalue weighted by atomic mass is 32.1. The van der Waals surface area contributed by atoms with Crippen LogP contribution in [0.3, 0.4) is 0 Å². The molecule has 80 valence electrons. The van der Waals surface area contributed by atoms with E-state index >= 15 is 0 Å². The Kier molecular flexibility index (Phi) is 2.73. The molecule has 0 saturated heterocycles. The van der Waals surface area contributed by atoms with Gasteiger partial charge in [0.15, 0.2) is 0 Å².